The molecule has 2 rings (SSSR count). The van der Waals surface area contributed by atoms with E-state index in [2.05, 4.69) is 20.3 Å². The summed E-state index contributed by atoms with van der Waals surface area (Å²) >= 11 is 5.85. The number of rotatable bonds is 5. The predicted octanol–water partition coefficient (Wildman–Crippen LogP) is 0.582. The fraction of sp³-hybridized carbons (Fsp3) is 0.700. The smallest absolute Gasteiger partial charge is 0.231 e. The summed E-state index contributed by atoms with van der Waals surface area (Å²) in [6, 6.07) is 0. The number of hydrogen-bond donors (Lipinski definition) is 1. The molecule has 1 aliphatic heterocycles. The van der Waals surface area contributed by atoms with Gasteiger partial charge in [0.15, 0.2) is 0 Å². The summed E-state index contributed by atoms with van der Waals surface area (Å²) in [7, 11) is -3.01. The second kappa shape index (κ2) is 5.87. The lowest BCUT2D eigenvalue weighted by molar-refractivity contribution is 0.602. The van der Waals surface area contributed by atoms with Crippen LogP contribution in [0.3, 0.4) is 0 Å². The number of hydrogen-bond acceptors (Lipinski definition) is 7. The maximum Gasteiger partial charge on any atom is 0.231 e. The van der Waals surface area contributed by atoms with Crippen LogP contribution in [0.2, 0.25) is 5.28 Å². The second-order valence-electron chi connectivity index (χ2n) is 4.48. The molecule has 1 N–H and O–H groups in total. The van der Waals surface area contributed by atoms with Crippen molar-refractivity contribution >= 4 is 33.3 Å². The Hall–Kier alpha value is -1.15. The molecule has 2 heterocycles. The summed E-state index contributed by atoms with van der Waals surface area (Å²) in [4.78, 5) is 14.3. The molecular formula is C10H16ClN5O2S. The fourth-order valence-corrected chi connectivity index (χ4v) is 2.45. The highest BCUT2D eigenvalue weighted by atomic mass is 35.5. The molecule has 1 saturated heterocycles. The molecule has 19 heavy (non-hydrogen) atoms. The molecule has 106 valence electrons. The van der Waals surface area contributed by atoms with E-state index < -0.39 is 9.84 Å². The zero-order valence-corrected chi connectivity index (χ0v) is 12.2. The highest BCUT2D eigenvalue weighted by molar-refractivity contribution is 7.90. The van der Waals surface area contributed by atoms with E-state index in [1.165, 1.54) is 6.26 Å². The Morgan fingerprint density at radius 2 is 1.95 bits per heavy atom. The highest BCUT2D eigenvalue weighted by Gasteiger charge is 2.16. The lowest BCUT2D eigenvalue weighted by atomic mass is 10.4. The van der Waals surface area contributed by atoms with Crippen molar-refractivity contribution in [3.63, 3.8) is 0 Å². The Morgan fingerprint density at radius 3 is 2.58 bits per heavy atom. The normalized spacial score (nSPS) is 15.8. The van der Waals surface area contributed by atoms with Gasteiger partial charge in [-0.1, -0.05) is 0 Å². The number of halogens is 1. The first kappa shape index (κ1) is 14.3. The fourth-order valence-electron chi connectivity index (χ4n) is 1.83. The van der Waals surface area contributed by atoms with Gasteiger partial charge in [-0.05, 0) is 24.4 Å². The Morgan fingerprint density at radius 1 is 1.26 bits per heavy atom. The van der Waals surface area contributed by atoms with Gasteiger partial charge in [0.05, 0.1) is 5.75 Å². The monoisotopic (exact) mass is 305 g/mol. The van der Waals surface area contributed by atoms with Crippen molar-refractivity contribution in [1.29, 1.82) is 0 Å². The van der Waals surface area contributed by atoms with E-state index in [-0.39, 0.29) is 17.6 Å². The topological polar surface area (TPSA) is 88.1 Å². The summed E-state index contributed by atoms with van der Waals surface area (Å²) in [6.45, 7) is 2.06. The van der Waals surface area contributed by atoms with Crippen molar-refractivity contribution < 1.29 is 8.42 Å². The molecule has 1 aromatic rings. The van der Waals surface area contributed by atoms with Gasteiger partial charge in [-0.2, -0.15) is 15.0 Å². The Balaban J connectivity index is 2.04. The van der Waals surface area contributed by atoms with Crippen LogP contribution in [0.15, 0.2) is 0 Å². The minimum atomic E-state index is -3.01. The van der Waals surface area contributed by atoms with Gasteiger partial charge in [0.25, 0.3) is 0 Å². The molecule has 0 spiro atoms. The molecule has 0 atom stereocenters. The van der Waals surface area contributed by atoms with Crippen molar-refractivity contribution in [2.24, 2.45) is 0 Å². The predicted molar refractivity (Wildman–Crippen MR) is 74.5 cm³/mol. The summed E-state index contributed by atoms with van der Waals surface area (Å²) in [6.07, 6.45) is 3.41. The minimum Gasteiger partial charge on any atom is -0.353 e. The van der Waals surface area contributed by atoms with E-state index in [1.807, 2.05) is 4.90 Å². The number of aromatic nitrogens is 3. The van der Waals surface area contributed by atoms with Crippen molar-refractivity contribution in [3.8, 4) is 0 Å². The first-order valence-corrected chi connectivity index (χ1v) is 8.46. The highest BCUT2D eigenvalue weighted by Crippen LogP contribution is 2.18. The Kier molecular flexibility index (Phi) is 4.41. The molecule has 0 aliphatic carbocycles. The number of sulfone groups is 1. The molecule has 0 radical (unpaired) electrons. The molecule has 0 saturated carbocycles. The van der Waals surface area contributed by atoms with Crippen LogP contribution >= 0.6 is 11.6 Å². The molecule has 9 heteroatoms. The van der Waals surface area contributed by atoms with Crippen molar-refractivity contribution in [2.75, 3.05) is 41.9 Å². The largest absolute Gasteiger partial charge is 0.353 e. The van der Waals surface area contributed by atoms with Crippen molar-refractivity contribution in [2.45, 2.75) is 12.8 Å². The van der Waals surface area contributed by atoms with Crippen LogP contribution in [0, 0.1) is 0 Å². The van der Waals surface area contributed by atoms with Crippen molar-refractivity contribution in [1.82, 2.24) is 15.0 Å². The van der Waals surface area contributed by atoms with Gasteiger partial charge in [0, 0.05) is 25.9 Å². The van der Waals surface area contributed by atoms with Crippen LogP contribution in [-0.4, -0.2) is 55.0 Å². The molecule has 0 bridgehead atoms. The molecular weight excluding hydrogens is 290 g/mol. The summed E-state index contributed by atoms with van der Waals surface area (Å²) in [5.74, 6) is 0.875. The summed E-state index contributed by atoms with van der Waals surface area (Å²) < 4.78 is 22.1. The molecule has 1 aliphatic rings. The lowest BCUT2D eigenvalue weighted by Crippen LogP contribution is -2.22. The van der Waals surface area contributed by atoms with Gasteiger partial charge < -0.3 is 10.2 Å². The van der Waals surface area contributed by atoms with Crippen LogP contribution in [0.5, 0.6) is 0 Å². The maximum atomic E-state index is 11.0. The number of nitrogens with one attached hydrogen (secondary N) is 1. The van der Waals surface area contributed by atoms with E-state index in [0.29, 0.717) is 11.9 Å². The average Bonchev–Trinajstić information content (AvgIpc) is 2.79. The molecule has 0 unspecified atom stereocenters. The number of anilines is 2. The van der Waals surface area contributed by atoms with Gasteiger partial charge >= 0.3 is 0 Å². The van der Waals surface area contributed by atoms with Gasteiger partial charge in [0.2, 0.25) is 17.2 Å². The van der Waals surface area contributed by atoms with E-state index in [1.54, 1.807) is 0 Å². The van der Waals surface area contributed by atoms with E-state index in [9.17, 15) is 8.42 Å². The van der Waals surface area contributed by atoms with Crippen LogP contribution in [0.4, 0.5) is 11.9 Å². The number of nitrogens with zero attached hydrogens (tertiary/aromatic N) is 4. The molecule has 0 aromatic carbocycles. The maximum absolute atomic E-state index is 11.0. The standard InChI is InChI=1S/C10H16ClN5O2S/c1-19(17,18)7-4-12-9-13-8(11)14-10(15-9)16-5-2-3-6-16/h2-7H2,1H3,(H,12,13,14,15). The Labute approximate surface area is 117 Å². The van der Waals surface area contributed by atoms with Crippen LogP contribution < -0.4 is 10.2 Å². The van der Waals surface area contributed by atoms with Crippen LogP contribution in [0.25, 0.3) is 0 Å². The van der Waals surface area contributed by atoms with Crippen LogP contribution in [-0.2, 0) is 9.84 Å². The van der Waals surface area contributed by atoms with Gasteiger partial charge in [0.1, 0.15) is 9.84 Å². The van der Waals surface area contributed by atoms with Crippen molar-refractivity contribution in [3.05, 3.63) is 5.28 Å². The van der Waals surface area contributed by atoms with E-state index in [0.717, 1.165) is 25.9 Å². The molecule has 0 amide bonds. The third-order valence-corrected chi connectivity index (χ3v) is 3.86. The zero-order chi connectivity index (χ0) is 13.9. The molecule has 1 fully saturated rings. The van der Waals surface area contributed by atoms with Crippen LogP contribution in [0.1, 0.15) is 12.8 Å². The van der Waals surface area contributed by atoms with E-state index >= 15 is 0 Å². The SMILES string of the molecule is CS(=O)(=O)CCNc1nc(Cl)nc(N2CCCC2)n1. The summed E-state index contributed by atoms with van der Waals surface area (Å²) in [5, 5.41) is 2.96. The quantitative estimate of drug-likeness (QED) is 0.851. The lowest BCUT2D eigenvalue weighted by Gasteiger charge is -2.15. The minimum absolute atomic E-state index is 0.0232. The van der Waals surface area contributed by atoms with Gasteiger partial charge in [-0.25, -0.2) is 8.42 Å². The van der Waals surface area contributed by atoms with E-state index in [4.69, 9.17) is 11.6 Å². The second-order valence-corrected chi connectivity index (χ2v) is 7.08. The van der Waals surface area contributed by atoms with Gasteiger partial charge in [-0.3, -0.25) is 0 Å². The summed E-state index contributed by atoms with van der Waals surface area (Å²) in [5.41, 5.74) is 0. The zero-order valence-electron chi connectivity index (χ0n) is 10.6. The Bertz CT molecular complexity index is 545. The first-order chi connectivity index (χ1) is 8.94. The average molecular weight is 306 g/mol. The first-order valence-electron chi connectivity index (χ1n) is 6.02. The van der Waals surface area contributed by atoms with Gasteiger partial charge in [-0.15, -0.1) is 0 Å². The molecule has 1 aromatic heterocycles. The third kappa shape index (κ3) is 4.46. The molecule has 7 nitrogen and oxygen atoms in total. The third-order valence-electron chi connectivity index (χ3n) is 2.74.